The van der Waals surface area contributed by atoms with Gasteiger partial charge in [0, 0.05) is 6.42 Å². The van der Waals surface area contributed by atoms with Gasteiger partial charge in [-0.1, -0.05) is 0 Å². The largest absolute Gasteiger partial charge is 0.444 e. The average molecular weight is 475 g/mol. The number of ether oxygens (including phenoxy) is 1. The van der Waals surface area contributed by atoms with Gasteiger partial charge in [-0.25, -0.2) is 14.3 Å². The highest BCUT2D eigenvalue weighted by Crippen LogP contribution is 2.54. The van der Waals surface area contributed by atoms with E-state index in [0.717, 1.165) is 0 Å². The number of alkyl halides is 2. The summed E-state index contributed by atoms with van der Waals surface area (Å²) in [5.74, 6) is -4.98. The molecule has 2 aliphatic carbocycles. The van der Waals surface area contributed by atoms with Gasteiger partial charge in [0.2, 0.25) is 0 Å². The molecule has 1 atom stereocenters. The van der Waals surface area contributed by atoms with E-state index in [2.05, 4.69) is 26.8 Å². The van der Waals surface area contributed by atoms with Gasteiger partial charge in [-0.15, -0.1) is 0 Å². The maximum atomic E-state index is 14.4. The van der Waals surface area contributed by atoms with E-state index < -0.39 is 41.4 Å². The number of halogens is 2. The average Bonchev–Trinajstić information content (AvgIpc) is 3.67. The highest BCUT2D eigenvalue weighted by Gasteiger charge is 2.54. The van der Waals surface area contributed by atoms with Crippen molar-refractivity contribution in [3.8, 4) is 6.07 Å². The van der Waals surface area contributed by atoms with E-state index >= 15 is 0 Å². The lowest BCUT2D eigenvalue weighted by atomic mass is 9.92. The lowest BCUT2D eigenvalue weighted by molar-refractivity contribution is -0.148. The van der Waals surface area contributed by atoms with E-state index in [1.165, 1.54) is 10.7 Å². The number of fused-ring (bicyclic) bond motifs is 1. The minimum Gasteiger partial charge on any atom is -0.444 e. The van der Waals surface area contributed by atoms with Gasteiger partial charge in [-0.3, -0.25) is 4.79 Å². The van der Waals surface area contributed by atoms with Crippen LogP contribution in [0.2, 0.25) is 0 Å². The first-order chi connectivity index (χ1) is 15.9. The molecule has 182 valence electrons. The fourth-order valence-corrected chi connectivity index (χ4v) is 3.81. The van der Waals surface area contributed by atoms with E-state index in [-0.39, 0.29) is 12.5 Å². The van der Waals surface area contributed by atoms with Gasteiger partial charge >= 0.3 is 12.0 Å². The van der Waals surface area contributed by atoms with Gasteiger partial charge in [0.1, 0.15) is 5.60 Å². The fraction of sp³-hybridized carbons (Fsp3) is 0.609. The smallest absolute Gasteiger partial charge is 0.407 e. The molecule has 9 nitrogen and oxygen atoms in total. The minimum atomic E-state index is -3.49. The Labute approximate surface area is 195 Å². The van der Waals surface area contributed by atoms with Gasteiger partial charge in [0.15, 0.2) is 5.65 Å². The molecule has 2 saturated carbocycles. The Bertz CT molecular complexity index is 1140. The van der Waals surface area contributed by atoms with Crippen molar-refractivity contribution in [3.05, 3.63) is 29.7 Å². The number of amides is 2. The first-order valence-electron chi connectivity index (χ1n) is 11.3. The van der Waals surface area contributed by atoms with Crippen LogP contribution < -0.4 is 10.6 Å². The molecule has 4 rings (SSSR count). The second-order valence-corrected chi connectivity index (χ2v) is 10.2. The number of hydrogen-bond acceptors (Lipinski definition) is 6. The predicted molar refractivity (Wildman–Crippen MR) is 117 cm³/mol. The third-order valence-corrected chi connectivity index (χ3v) is 5.95. The van der Waals surface area contributed by atoms with Crippen LogP contribution in [-0.2, 0) is 16.1 Å². The van der Waals surface area contributed by atoms with Crippen molar-refractivity contribution < 1.29 is 23.1 Å². The molecule has 0 aliphatic heterocycles. The molecule has 2 aliphatic rings. The predicted octanol–water partition coefficient (Wildman–Crippen LogP) is 3.65. The van der Waals surface area contributed by atoms with Crippen molar-refractivity contribution in [3.63, 3.8) is 0 Å². The molecule has 0 radical (unpaired) electrons. The van der Waals surface area contributed by atoms with Crippen LogP contribution in [0.4, 0.5) is 13.6 Å². The van der Waals surface area contributed by atoms with E-state index in [1.54, 1.807) is 33.0 Å². The Morgan fingerprint density at radius 3 is 2.65 bits per heavy atom. The second kappa shape index (κ2) is 8.49. The Morgan fingerprint density at radius 2 is 2.06 bits per heavy atom. The Morgan fingerprint density at radius 1 is 1.35 bits per heavy atom. The molecule has 34 heavy (non-hydrogen) atoms. The first-order valence-corrected chi connectivity index (χ1v) is 11.3. The summed E-state index contributed by atoms with van der Waals surface area (Å²) in [6, 6.07) is 2.88. The van der Waals surface area contributed by atoms with Gasteiger partial charge in [0.25, 0.3) is 5.91 Å². The molecule has 2 fully saturated rings. The number of alkyl carbamates (subject to hydrolysis) is 1. The van der Waals surface area contributed by atoms with Gasteiger partial charge < -0.3 is 15.4 Å². The quantitative estimate of drug-likeness (QED) is 0.602. The number of aromatic nitrogens is 3. The molecule has 0 bridgehead atoms. The van der Waals surface area contributed by atoms with Gasteiger partial charge in [-0.05, 0) is 64.0 Å². The molecule has 0 aromatic carbocycles. The van der Waals surface area contributed by atoms with Crippen LogP contribution in [0.15, 0.2) is 18.5 Å². The zero-order valence-corrected chi connectivity index (χ0v) is 19.4. The molecule has 2 amide bonds. The number of rotatable bonds is 8. The summed E-state index contributed by atoms with van der Waals surface area (Å²) in [4.78, 5) is 28.7. The number of nitrogens with one attached hydrogen (secondary N) is 2. The van der Waals surface area contributed by atoms with Crippen molar-refractivity contribution in [1.29, 1.82) is 5.26 Å². The summed E-state index contributed by atoms with van der Waals surface area (Å²) < 4.78 is 35.5. The van der Waals surface area contributed by atoms with Crippen molar-refractivity contribution in [2.45, 2.75) is 77.0 Å². The molecule has 0 spiro atoms. The van der Waals surface area contributed by atoms with Crippen LogP contribution in [-0.4, -0.2) is 38.1 Å². The number of carbonyl (C=O) groups is 2. The van der Waals surface area contributed by atoms with E-state index in [9.17, 15) is 23.6 Å². The number of hydrogen-bond donors (Lipinski definition) is 2. The summed E-state index contributed by atoms with van der Waals surface area (Å²) >= 11 is 0. The van der Waals surface area contributed by atoms with Crippen LogP contribution in [0, 0.1) is 22.7 Å². The van der Waals surface area contributed by atoms with Crippen LogP contribution in [0.5, 0.6) is 0 Å². The molecular weight excluding hydrogens is 446 g/mol. The standard InChI is InChI=1S/C23H28F2N6O3/c1-21(2,3)34-20(33)27-11-16-12-31-17(29-16)8-15(10-28-31)18(22(13-26)6-7-22)30-19(32)23(24,25)9-14-4-5-14/h8,10,12,14,18H,4-7,9,11H2,1-3H3,(H,27,33)(H,30,32). The summed E-state index contributed by atoms with van der Waals surface area (Å²) in [5, 5.41) is 19.0. The lowest BCUT2D eigenvalue weighted by Gasteiger charge is -2.26. The zero-order chi connectivity index (χ0) is 24.7. The third-order valence-electron chi connectivity index (χ3n) is 5.95. The maximum absolute atomic E-state index is 14.4. The molecule has 1 unspecified atom stereocenters. The Kier molecular flexibility index (Phi) is 5.96. The van der Waals surface area contributed by atoms with Crippen molar-refractivity contribution in [2.24, 2.45) is 11.3 Å². The zero-order valence-electron chi connectivity index (χ0n) is 19.4. The molecular formula is C23H28F2N6O3. The van der Waals surface area contributed by atoms with Crippen molar-refractivity contribution >= 4 is 17.6 Å². The fourth-order valence-electron chi connectivity index (χ4n) is 3.81. The Balaban J connectivity index is 1.51. The molecule has 11 heteroatoms. The number of nitriles is 1. The third kappa shape index (κ3) is 5.43. The van der Waals surface area contributed by atoms with Crippen LogP contribution in [0.3, 0.4) is 0 Å². The van der Waals surface area contributed by atoms with Crippen molar-refractivity contribution in [2.75, 3.05) is 0 Å². The SMILES string of the molecule is CC(C)(C)OC(=O)NCc1cn2ncc(C(NC(=O)C(F)(F)CC3CC3)C3(C#N)CC3)cc2n1. The van der Waals surface area contributed by atoms with Crippen molar-refractivity contribution in [1.82, 2.24) is 25.2 Å². The summed E-state index contributed by atoms with van der Waals surface area (Å²) in [7, 11) is 0. The Hall–Kier alpha value is -3.29. The normalized spacial score (nSPS) is 18.1. The van der Waals surface area contributed by atoms with Crippen LogP contribution in [0.25, 0.3) is 5.65 Å². The lowest BCUT2D eigenvalue weighted by Crippen LogP contribution is -2.44. The second-order valence-electron chi connectivity index (χ2n) is 10.2. The maximum Gasteiger partial charge on any atom is 0.407 e. The van der Waals surface area contributed by atoms with E-state index in [0.29, 0.717) is 42.6 Å². The monoisotopic (exact) mass is 474 g/mol. The molecule has 2 N–H and O–H groups in total. The number of imidazole rings is 1. The summed E-state index contributed by atoms with van der Waals surface area (Å²) in [6.07, 6.45) is 4.40. The minimum absolute atomic E-state index is 0.100. The molecule has 2 aromatic heterocycles. The van der Waals surface area contributed by atoms with E-state index in [4.69, 9.17) is 4.74 Å². The van der Waals surface area contributed by atoms with Gasteiger partial charge in [-0.2, -0.15) is 19.1 Å². The summed E-state index contributed by atoms with van der Waals surface area (Å²) in [6.45, 7) is 5.37. The van der Waals surface area contributed by atoms with E-state index in [1.807, 2.05) is 0 Å². The van der Waals surface area contributed by atoms with Crippen LogP contribution >= 0.6 is 0 Å². The van der Waals surface area contributed by atoms with Crippen LogP contribution in [0.1, 0.15) is 70.2 Å². The number of carbonyl (C=O) groups excluding carboxylic acids is 2. The summed E-state index contributed by atoms with van der Waals surface area (Å²) in [5.41, 5.74) is -0.239. The highest BCUT2D eigenvalue weighted by molar-refractivity contribution is 5.84. The molecule has 2 heterocycles. The number of nitrogens with zero attached hydrogens (tertiary/aromatic N) is 4. The first kappa shape index (κ1) is 23.9. The topological polar surface area (TPSA) is 121 Å². The molecule has 0 saturated heterocycles. The van der Waals surface area contributed by atoms with Gasteiger partial charge in [0.05, 0.1) is 42.2 Å². The molecule has 2 aromatic rings. The highest BCUT2D eigenvalue weighted by atomic mass is 19.3.